The first-order valence-electron chi connectivity index (χ1n) is 12.7. The minimum absolute atomic E-state index is 0.0546. The minimum atomic E-state index is -3.92. The maximum atomic E-state index is 13.8. The molecule has 196 valence electrons. The van der Waals surface area contributed by atoms with E-state index in [-0.39, 0.29) is 23.1 Å². The van der Waals surface area contributed by atoms with Crippen molar-refractivity contribution in [1.29, 1.82) is 0 Å². The van der Waals surface area contributed by atoms with Gasteiger partial charge in [0.2, 0.25) is 15.9 Å². The van der Waals surface area contributed by atoms with Gasteiger partial charge in [0.15, 0.2) is 10.7 Å². The summed E-state index contributed by atoms with van der Waals surface area (Å²) in [5, 5.41) is 3.98. The minimum Gasteiger partial charge on any atom is -0.355 e. The first-order chi connectivity index (χ1) is 17.6. The highest BCUT2D eigenvalue weighted by Crippen LogP contribution is 2.31. The summed E-state index contributed by atoms with van der Waals surface area (Å²) in [5.41, 5.74) is 5.53. The van der Waals surface area contributed by atoms with Gasteiger partial charge in [0.1, 0.15) is 5.69 Å². The molecule has 1 aromatic heterocycles. The molecule has 1 atom stereocenters. The van der Waals surface area contributed by atoms with E-state index in [4.69, 9.17) is 4.52 Å². The van der Waals surface area contributed by atoms with E-state index in [0.717, 1.165) is 22.4 Å². The fourth-order valence-electron chi connectivity index (χ4n) is 5.20. The van der Waals surface area contributed by atoms with Crippen LogP contribution in [0.2, 0.25) is 0 Å². The van der Waals surface area contributed by atoms with Crippen LogP contribution in [0, 0.1) is 33.6 Å². The number of hydrogen-bond acceptors (Lipinski definition) is 5. The molecule has 1 saturated heterocycles. The molecule has 7 nitrogen and oxygen atoms in total. The Labute approximate surface area is 219 Å². The normalized spacial score (nSPS) is 16.8. The number of amides is 1. The Hall–Kier alpha value is -3.23. The third kappa shape index (κ3) is 5.55. The summed E-state index contributed by atoms with van der Waals surface area (Å²) in [6.45, 7) is 10.7. The lowest BCUT2D eigenvalue weighted by molar-refractivity contribution is -0.123. The molecule has 2 aromatic carbocycles. The third-order valence-corrected chi connectivity index (χ3v) is 8.98. The lowest BCUT2D eigenvalue weighted by atomic mass is 9.97. The van der Waals surface area contributed by atoms with E-state index >= 15 is 0 Å². The fourth-order valence-corrected chi connectivity index (χ4v) is 6.97. The fraction of sp³-hybridized carbons (Fsp3) is 0.379. The van der Waals surface area contributed by atoms with Crippen LogP contribution in [0.25, 0.3) is 12.2 Å². The highest BCUT2D eigenvalue weighted by atomic mass is 32.2. The number of rotatable bonds is 7. The number of aryl methyl sites for hydroxylation is 4. The van der Waals surface area contributed by atoms with Crippen molar-refractivity contribution in [2.24, 2.45) is 5.92 Å². The summed E-state index contributed by atoms with van der Waals surface area (Å²) < 4.78 is 34.5. The van der Waals surface area contributed by atoms with Gasteiger partial charge in [-0.1, -0.05) is 47.1 Å². The maximum Gasteiger partial charge on any atom is 0.248 e. The van der Waals surface area contributed by atoms with Gasteiger partial charge in [0.05, 0.1) is 5.92 Å². The molecular weight excluding hydrogens is 486 g/mol. The molecule has 0 aliphatic carbocycles. The summed E-state index contributed by atoms with van der Waals surface area (Å²) in [6.07, 6.45) is 4.82. The Kier molecular flexibility index (Phi) is 7.99. The quantitative estimate of drug-likeness (QED) is 0.408. The number of carbonyl (C=O) groups is 1. The van der Waals surface area contributed by atoms with Crippen LogP contribution < -0.4 is 4.90 Å². The lowest BCUT2D eigenvalue weighted by Gasteiger charge is -2.34. The smallest absolute Gasteiger partial charge is 0.248 e. The van der Waals surface area contributed by atoms with Crippen molar-refractivity contribution in [3.63, 3.8) is 0 Å². The van der Waals surface area contributed by atoms with Crippen molar-refractivity contribution in [3.05, 3.63) is 76.2 Å². The SMILES string of the molecule is CCN(C(=O)C1CCCN(S(=O)(=O)c2c(C)noc2/C=C/c2c(C)cc(C)cc2C)C1)c1ccccc1. The van der Waals surface area contributed by atoms with E-state index in [9.17, 15) is 13.2 Å². The number of para-hydroxylation sites is 1. The number of aromatic nitrogens is 1. The molecule has 1 aliphatic heterocycles. The second kappa shape index (κ2) is 11.0. The molecule has 1 unspecified atom stereocenters. The molecule has 37 heavy (non-hydrogen) atoms. The predicted octanol–water partition coefficient (Wildman–Crippen LogP) is 5.53. The van der Waals surface area contributed by atoms with Crippen LogP contribution in [0.4, 0.5) is 5.69 Å². The molecule has 8 heteroatoms. The Bertz CT molecular complexity index is 1390. The zero-order valence-electron chi connectivity index (χ0n) is 22.2. The van der Waals surface area contributed by atoms with Gasteiger partial charge < -0.3 is 9.42 Å². The van der Waals surface area contributed by atoms with E-state index in [2.05, 4.69) is 17.3 Å². The average molecular weight is 522 g/mol. The summed E-state index contributed by atoms with van der Waals surface area (Å²) in [5.74, 6) is -0.272. The first-order valence-corrected chi connectivity index (χ1v) is 14.2. The van der Waals surface area contributed by atoms with Gasteiger partial charge in [-0.2, -0.15) is 4.31 Å². The molecule has 0 radical (unpaired) electrons. The van der Waals surface area contributed by atoms with Crippen LogP contribution in [-0.2, 0) is 14.8 Å². The van der Waals surface area contributed by atoms with Gasteiger partial charge in [0, 0.05) is 25.3 Å². The van der Waals surface area contributed by atoms with Crippen LogP contribution in [0.5, 0.6) is 0 Å². The number of nitrogens with zero attached hydrogens (tertiary/aromatic N) is 3. The molecule has 0 saturated carbocycles. The van der Waals surface area contributed by atoms with Crippen LogP contribution >= 0.6 is 0 Å². The number of benzene rings is 2. The zero-order chi connectivity index (χ0) is 26.7. The van der Waals surface area contributed by atoms with Crippen molar-refractivity contribution in [3.8, 4) is 0 Å². The van der Waals surface area contributed by atoms with Crippen LogP contribution in [0.1, 0.15) is 53.5 Å². The molecule has 0 bridgehead atoms. The highest BCUT2D eigenvalue weighted by molar-refractivity contribution is 7.89. The lowest BCUT2D eigenvalue weighted by Crippen LogP contribution is -2.47. The number of sulfonamides is 1. The summed E-state index contributed by atoms with van der Waals surface area (Å²) >= 11 is 0. The van der Waals surface area contributed by atoms with Gasteiger partial charge in [-0.3, -0.25) is 4.79 Å². The van der Waals surface area contributed by atoms with Crippen LogP contribution in [0.3, 0.4) is 0 Å². The molecule has 3 aromatic rings. The number of piperidine rings is 1. The predicted molar refractivity (Wildman–Crippen MR) is 147 cm³/mol. The van der Waals surface area contributed by atoms with Gasteiger partial charge in [-0.25, -0.2) is 8.42 Å². The number of carbonyl (C=O) groups excluding carboxylic acids is 1. The van der Waals surface area contributed by atoms with Crippen molar-refractivity contribution in [2.45, 2.75) is 52.4 Å². The van der Waals surface area contributed by atoms with Gasteiger partial charge >= 0.3 is 0 Å². The molecule has 4 rings (SSSR count). The Morgan fingerprint density at radius 1 is 1.11 bits per heavy atom. The standard InChI is InChI=1S/C29H35N3O4S/c1-6-32(25-12-8-7-9-13-25)29(33)24-11-10-16-31(19-24)37(34,35)28-23(5)30-36-27(28)15-14-26-21(3)17-20(2)18-22(26)4/h7-9,12-15,17-18,24H,6,10-11,16,19H2,1-5H3/b15-14+. The number of hydrogen-bond donors (Lipinski definition) is 0. The van der Waals surface area contributed by atoms with Gasteiger partial charge in [-0.15, -0.1) is 0 Å². The summed E-state index contributed by atoms with van der Waals surface area (Å²) in [7, 11) is -3.92. The van der Waals surface area contributed by atoms with Gasteiger partial charge in [0.25, 0.3) is 0 Å². The second-order valence-electron chi connectivity index (χ2n) is 9.73. The molecule has 1 aliphatic rings. The Morgan fingerprint density at radius 2 is 1.78 bits per heavy atom. The summed E-state index contributed by atoms with van der Waals surface area (Å²) in [6, 6.07) is 13.7. The molecule has 1 amide bonds. The Balaban J connectivity index is 1.60. The third-order valence-electron chi connectivity index (χ3n) is 6.95. The van der Waals surface area contributed by atoms with Crippen molar-refractivity contribution in [1.82, 2.24) is 9.46 Å². The van der Waals surface area contributed by atoms with Crippen molar-refractivity contribution < 1.29 is 17.7 Å². The molecular formula is C29H35N3O4S. The molecule has 2 heterocycles. The number of anilines is 1. The molecule has 0 spiro atoms. The van der Waals surface area contributed by atoms with Crippen LogP contribution in [0.15, 0.2) is 51.9 Å². The van der Waals surface area contributed by atoms with E-state index in [1.807, 2.05) is 64.1 Å². The molecule has 0 N–H and O–H groups in total. The average Bonchev–Trinajstić information content (AvgIpc) is 3.25. The highest BCUT2D eigenvalue weighted by Gasteiger charge is 2.38. The van der Waals surface area contributed by atoms with Crippen LogP contribution in [-0.4, -0.2) is 43.4 Å². The summed E-state index contributed by atoms with van der Waals surface area (Å²) in [4.78, 5) is 15.2. The zero-order valence-corrected chi connectivity index (χ0v) is 23.0. The van der Waals surface area contributed by atoms with Crippen molar-refractivity contribution in [2.75, 3.05) is 24.5 Å². The van der Waals surface area contributed by atoms with E-state index in [1.165, 1.54) is 9.87 Å². The van der Waals surface area contributed by atoms with E-state index in [1.54, 1.807) is 17.9 Å². The van der Waals surface area contributed by atoms with E-state index < -0.39 is 15.9 Å². The molecule has 1 fully saturated rings. The second-order valence-corrected chi connectivity index (χ2v) is 11.6. The maximum absolute atomic E-state index is 13.8. The first kappa shape index (κ1) is 26.8. The van der Waals surface area contributed by atoms with Crippen molar-refractivity contribution >= 4 is 33.8 Å². The van der Waals surface area contributed by atoms with Gasteiger partial charge in [-0.05, 0) is 82.4 Å². The Morgan fingerprint density at radius 3 is 2.43 bits per heavy atom. The van der Waals surface area contributed by atoms with E-state index in [0.29, 0.717) is 31.6 Å². The monoisotopic (exact) mass is 521 g/mol. The largest absolute Gasteiger partial charge is 0.355 e. The topological polar surface area (TPSA) is 83.7 Å².